The predicted octanol–water partition coefficient (Wildman–Crippen LogP) is 5.40. The maximum Gasteiger partial charge on any atom is 0.398 e. The van der Waals surface area contributed by atoms with Crippen molar-refractivity contribution in [1.29, 1.82) is 0 Å². The summed E-state index contributed by atoms with van der Waals surface area (Å²) in [6.45, 7) is 2.02. The molecule has 1 unspecified atom stereocenters. The highest BCUT2D eigenvalue weighted by Crippen LogP contribution is 2.51. The van der Waals surface area contributed by atoms with E-state index in [9.17, 15) is 13.2 Å². The highest BCUT2D eigenvalue weighted by Gasteiger charge is 2.56. The maximum atomic E-state index is 13.7. The number of unbranched alkanes of at least 4 members (excludes halogenated alkanes) is 2. The Bertz CT molecular complexity index is 422. The average molecular weight is 270 g/mol. The van der Waals surface area contributed by atoms with E-state index in [1.165, 1.54) is 0 Å². The van der Waals surface area contributed by atoms with Gasteiger partial charge in [-0.15, -0.1) is 0 Å². The predicted molar refractivity (Wildman–Crippen MR) is 71.3 cm³/mol. The Hall–Kier alpha value is -0.990. The van der Waals surface area contributed by atoms with E-state index >= 15 is 0 Å². The van der Waals surface area contributed by atoms with Gasteiger partial charge in [-0.25, -0.2) is 0 Å². The summed E-state index contributed by atoms with van der Waals surface area (Å²) in [6.07, 6.45) is 0.250. The van der Waals surface area contributed by atoms with Crippen LogP contribution in [0.3, 0.4) is 0 Å². The molecule has 1 aromatic carbocycles. The average Bonchev–Trinajstić information content (AvgIpc) is 2.38. The zero-order chi connectivity index (χ0) is 13.9. The van der Waals surface area contributed by atoms with Crippen molar-refractivity contribution in [1.82, 2.24) is 0 Å². The molecule has 0 bridgehead atoms. The van der Waals surface area contributed by atoms with Crippen LogP contribution < -0.4 is 0 Å². The lowest BCUT2D eigenvalue weighted by Crippen LogP contribution is -2.45. The summed E-state index contributed by atoms with van der Waals surface area (Å²) in [7, 11) is 0. The van der Waals surface area contributed by atoms with Crippen LogP contribution in [0.25, 0.3) is 0 Å². The fourth-order valence-electron chi connectivity index (χ4n) is 3.29. The summed E-state index contributed by atoms with van der Waals surface area (Å²) in [6, 6.07) is 7.13. The van der Waals surface area contributed by atoms with Crippen molar-refractivity contribution in [3.8, 4) is 0 Å². The summed E-state index contributed by atoms with van der Waals surface area (Å²) in [4.78, 5) is 0. The number of hydrogen-bond acceptors (Lipinski definition) is 0. The van der Waals surface area contributed by atoms with Gasteiger partial charge in [0.25, 0.3) is 0 Å². The summed E-state index contributed by atoms with van der Waals surface area (Å²) in [5, 5.41) is 0. The van der Waals surface area contributed by atoms with E-state index < -0.39 is 11.6 Å². The van der Waals surface area contributed by atoms with Gasteiger partial charge in [0.2, 0.25) is 0 Å². The molecule has 0 saturated carbocycles. The minimum atomic E-state index is -4.14. The van der Waals surface area contributed by atoms with Gasteiger partial charge in [-0.1, -0.05) is 50.5 Å². The van der Waals surface area contributed by atoms with Gasteiger partial charge >= 0.3 is 6.18 Å². The maximum absolute atomic E-state index is 13.7. The molecule has 0 saturated heterocycles. The molecule has 0 radical (unpaired) electrons. The second-order valence-corrected chi connectivity index (χ2v) is 5.55. The van der Waals surface area contributed by atoms with Gasteiger partial charge < -0.3 is 0 Å². The number of hydrogen-bond donors (Lipinski definition) is 0. The SMILES string of the molecule is CCCCCC1(C(F)(F)F)CCCc2ccccc21. The van der Waals surface area contributed by atoms with Crippen LogP contribution in [0.4, 0.5) is 13.2 Å². The Morgan fingerprint density at radius 1 is 1.16 bits per heavy atom. The molecule has 0 fully saturated rings. The molecule has 1 aliphatic carbocycles. The van der Waals surface area contributed by atoms with E-state index in [2.05, 4.69) is 0 Å². The molecular weight excluding hydrogens is 249 g/mol. The minimum Gasteiger partial charge on any atom is -0.170 e. The topological polar surface area (TPSA) is 0 Å². The van der Waals surface area contributed by atoms with Gasteiger partial charge in [0.1, 0.15) is 0 Å². The number of benzene rings is 1. The van der Waals surface area contributed by atoms with Crippen LogP contribution in [0.15, 0.2) is 24.3 Å². The van der Waals surface area contributed by atoms with Crippen molar-refractivity contribution < 1.29 is 13.2 Å². The minimum absolute atomic E-state index is 0.237. The van der Waals surface area contributed by atoms with Gasteiger partial charge in [-0.05, 0) is 36.8 Å². The van der Waals surface area contributed by atoms with Crippen molar-refractivity contribution >= 4 is 0 Å². The number of fused-ring (bicyclic) bond motifs is 1. The molecule has 2 rings (SSSR count). The van der Waals surface area contributed by atoms with Crippen molar-refractivity contribution in [2.75, 3.05) is 0 Å². The van der Waals surface area contributed by atoms with Crippen LogP contribution >= 0.6 is 0 Å². The van der Waals surface area contributed by atoms with Crippen LogP contribution in [-0.2, 0) is 11.8 Å². The highest BCUT2D eigenvalue weighted by atomic mass is 19.4. The lowest BCUT2D eigenvalue weighted by atomic mass is 9.66. The van der Waals surface area contributed by atoms with Gasteiger partial charge in [0.05, 0.1) is 5.41 Å². The van der Waals surface area contributed by atoms with Crippen LogP contribution in [-0.4, -0.2) is 6.18 Å². The lowest BCUT2D eigenvalue weighted by molar-refractivity contribution is -0.197. The first-order valence-corrected chi connectivity index (χ1v) is 7.16. The second-order valence-electron chi connectivity index (χ2n) is 5.55. The number of aryl methyl sites for hydroxylation is 1. The third-order valence-corrected chi connectivity index (χ3v) is 4.33. The normalized spacial score (nSPS) is 23.2. The smallest absolute Gasteiger partial charge is 0.170 e. The summed E-state index contributed by atoms with van der Waals surface area (Å²) < 4.78 is 41.1. The van der Waals surface area contributed by atoms with Crippen LogP contribution in [0.5, 0.6) is 0 Å². The first-order valence-electron chi connectivity index (χ1n) is 7.16. The molecule has 0 aliphatic heterocycles. The van der Waals surface area contributed by atoms with E-state index in [0.29, 0.717) is 18.4 Å². The van der Waals surface area contributed by atoms with E-state index in [0.717, 1.165) is 24.8 Å². The molecule has 1 aliphatic rings. The number of alkyl halides is 3. The number of halogens is 3. The van der Waals surface area contributed by atoms with Crippen molar-refractivity contribution in [3.63, 3.8) is 0 Å². The molecule has 19 heavy (non-hydrogen) atoms. The zero-order valence-electron chi connectivity index (χ0n) is 11.4. The van der Waals surface area contributed by atoms with Gasteiger partial charge in [-0.2, -0.15) is 13.2 Å². The quantitative estimate of drug-likeness (QED) is 0.642. The first kappa shape index (κ1) is 14.4. The Morgan fingerprint density at radius 2 is 1.89 bits per heavy atom. The third-order valence-electron chi connectivity index (χ3n) is 4.33. The second kappa shape index (κ2) is 5.56. The Kier molecular flexibility index (Phi) is 4.22. The van der Waals surface area contributed by atoms with Crippen LogP contribution in [0, 0.1) is 0 Å². The fraction of sp³-hybridized carbons (Fsp3) is 0.625. The molecule has 106 valence electrons. The molecule has 0 amide bonds. The molecule has 1 aromatic rings. The Morgan fingerprint density at radius 3 is 2.58 bits per heavy atom. The summed E-state index contributed by atoms with van der Waals surface area (Å²) in [5.41, 5.74) is -0.177. The van der Waals surface area contributed by atoms with Crippen molar-refractivity contribution in [3.05, 3.63) is 35.4 Å². The molecule has 0 heterocycles. The number of rotatable bonds is 4. The van der Waals surface area contributed by atoms with Gasteiger partial charge in [0, 0.05) is 0 Å². The molecule has 0 spiro atoms. The van der Waals surface area contributed by atoms with E-state index in [4.69, 9.17) is 0 Å². The van der Waals surface area contributed by atoms with Gasteiger partial charge in [-0.3, -0.25) is 0 Å². The largest absolute Gasteiger partial charge is 0.398 e. The van der Waals surface area contributed by atoms with E-state index in [1.54, 1.807) is 12.1 Å². The van der Waals surface area contributed by atoms with Crippen LogP contribution in [0.1, 0.15) is 56.6 Å². The molecule has 0 N–H and O–H groups in total. The molecular formula is C16H21F3. The Labute approximate surface area is 113 Å². The summed E-state index contributed by atoms with van der Waals surface area (Å²) in [5.74, 6) is 0. The van der Waals surface area contributed by atoms with E-state index in [1.807, 2.05) is 19.1 Å². The fourth-order valence-corrected chi connectivity index (χ4v) is 3.29. The van der Waals surface area contributed by atoms with Crippen molar-refractivity contribution in [2.45, 2.75) is 63.5 Å². The standard InChI is InChI=1S/C16H21F3/c1-2-3-6-11-15(16(17,18)19)12-7-9-13-8-4-5-10-14(13)15/h4-5,8,10H,2-3,6-7,9,11-12H2,1H3. The first-order chi connectivity index (χ1) is 9.01. The molecule has 3 heteroatoms. The highest BCUT2D eigenvalue weighted by molar-refractivity contribution is 5.38. The Balaban J connectivity index is 2.39. The molecule has 0 nitrogen and oxygen atoms in total. The molecule has 0 aromatic heterocycles. The third kappa shape index (κ3) is 2.65. The van der Waals surface area contributed by atoms with Gasteiger partial charge in [0.15, 0.2) is 0 Å². The molecule has 1 atom stereocenters. The van der Waals surface area contributed by atoms with E-state index in [-0.39, 0.29) is 12.8 Å². The van der Waals surface area contributed by atoms with Crippen molar-refractivity contribution in [2.24, 2.45) is 0 Å². The zero-order valence-corrected chi connectivity index (χ0v) is 11.4. The monoisotopic (exact) mass is 270 g/mol. The van der Waals surface area contributed by atoms with Crippen LogP contribution in [0.2, 0.25) is 0 Å². The lowest BCUT2D eigenvalue weighted by Gasteiger charge is -2.41. The summed E-state index contributed by atoms with van der Waals surface area (Å²) >= 11 is 0.